The van der Waals surface area contributed by atoms with Gasteiger partial charge in [0.1, 0.15) is 24.1 Å². The van der Waals surface area contributed by atoms with E-state index in [-0.39, 0.29) is 5.92 Å². The third-order valence-corrected chi connectivity index (χ3v) is 3.39. The van der Waals surface area contributed by atoms with Gasteiger partial charge in [-0.3, -0.25) is 4.79 Å². The van der Waals surface area contributed by atoms with Crippen LogP contribution < -0.4 is 14.8 Å². The summed E-state index contributed by atoms with van der Waals surface area (Å²) in [5, 5.41) is 12.1. The molecule has 0 spiro atoms. The van der Waals surface area contributed by atoms with Crippen LogP contribution in [0.1, 0.15) is 26.2 Å². The molecule has 0 aliphatic heterocycles. The van der Waals surface area contributed by atoms with E-state index in [0.717, 1.165) is 30.8 Å². The first-order valence-electron chi connectivity index (χ1n) is 7.52. The van der Waals surface area contributed by atoms with Gasteiger partial charge >= 0.3 is 5.97 Å². The summed E-state index contributed by atoms with van der Waals surface area (Å²) in [7, 11) is 0. The van der Waals surface area contributed by atoms with Crippen LogP contribution in [0.25, 0.3) is 0 Å². The molecule has 116 valence electrons. The maximum Gasteiger partial charge on any atom is 0.320 e. The largest absolute Gasteiger partial charge is 0.494 e. The number of hydrogen-bond acceptors (Lipinski definition) is 4. The van der Waals surface area contributed by atoms with Gasteiger partial charge < -0.3 is 19.9 Å². The molecule has 2 N–H and O–H groups in total. The van der Waals surface area contributed by atoms with Crippen molar-refractivity contribution in [1.82, 2.24) is 5.32 Å². The minimum absolute atomic E-state index is 0.289. The van der Waals surface area contributed by atoms with Gasteiger partial charge in [0.15, 0.2) is 0 Å². The number of rotatable bonds is 10. The molecular formula is C16H23NO4. The number of aliphatic carboxylic acids is 1. The van der Waals surface area contributed by atoms with Crippen LogP contribution in [0.2, 0.25) is 0 Å². The normalized spacial score (nSPS) is 15.5. The molecule has 1 saturated carbocycles. The van der Waals surface area contributed by atoms with Crippen LogP contribution in [-0.4, -0.2) is 36.9 Å². The Kier molecular flexibility index (Phi) is 5.87. The molecule has 1 atom stereocenters. The van der Waals surface area contributed by atoms with Crippen molar-refractivity contribution in [2.45, 2.75) is 32.2 Å². The van der Waals surface area contributed by atoms with Crippen molar-refractivity contribution >= 4 is 5.97 Å². The zero-order valence-electron chi connectivity index (χ0n) is 12.4. The fourth-order valence-corrected chi connectivity index (χ4v) is 2.12. The van der Waals surface area contributed by atoms with Crippen LogP contribution in [-0.2, 0) is 4.79 Å². The second-order valence-electron chi connectivity index (χ2n) is 5.28. The second kappa shape index (κ2) is 7.88. The Balaban J connectivity index is 1.67. The number of carboxylic acid groups (broad SMARTS) is 1. The van der Waals surface area contributed by atoms with Crippen molar-refractivity contribution in [3.63, 3.8) is 0 Å². The lowest BCUT2D eigenvalue weighted by Gasteiger charge is -2.14. The molecule has 0 radical (unpaired) electrons. The quantitative estimate of drug-likeness (QED) is 0.648. The SMILES string of the molecule is CCCOc1ccc(OCCNC(C(=O)O)C2CC2)cc1. The molecule has 1 aliphatic carbocycles. The molecule has 1 fully saturated rings. The number of hydrogen-bond donors (Lipinski definition) is 2. The molecule has 5 heteroatoms. The zero-order valence-corrected chi connectivity index (χ0v) is 12.4. The average Bonchev–Trinajstić information content (AvgIpc) is 3.30. The van der Waals surface area contributed by atoms with Gasteiger partial charge in [-0.25, -0.2) is 0 Å². The van der Waals surface area contributed by atoms with Gasteiger partial charge in [-0.15, -0.1) is 0 Å². The number of carboxylic acids is 1. The Labute approximate surface area is 125 Å². The number of carbonyl (C=O) groups is 1. The molecule has 0 bridgehead atoms. The van der Waals surface area contributed by atoms with Gasteiger partial charge in [-0.2, -0.15) is 0 Å². The summed E-state index contributed by atoms with van der Waals surface area (Å²) in [5.74, 6) is 1.12. The number of nitrogens with one attached hydrogen (secondary N) is 1. The molecule has 2 rings (SSSR count). The lowest BCUT2D eigenvalue weighted by molar-refractivity contribution is -0.140. The Morgan fingerprint density at radius 3 is 2.29 bits per heavy atom. The molecule has 1 aromatic rings. The van der Waals surface area contributed by atoms with Crippen LogP contribution in [0.5, 0.6) is 11.5 Å². The Bertz CT molecular complexity index is 442. The van der Waals surface area contributed by atoms with Crippen LogP contribution >= 0.6 is 0 Å². The van der Waals surface area contributed by atoms with Gasteiger partial charge in [0.2, 0.25) is 0 Å². The van der Waals surface area contributed by atoms with Crippen molar-refractivity contribution in [1.29, 1.82) is 0 Å². The fourth-order valence-electron chi connectivity index (χ4n) is 2.12. The van der Waals surface area contributed by atoms with Crippen molar-refractivity contribution < 1.29 is 19.4 Å². The standard InChI is InChI=1S/C16H23NO4/c1-2-10-20-13-5-7-14(8-6-13)21-11-9-17-15(16(18)19)12-3-4-12/h5-8,12,15,17H,2-4,9-11H2,1H3,(H,18,19). The predicted molar refractivity (Wildman–Crippen MR) is 79.9 cm³/mol. The Morgan fingerprint density at radius 1 is 1.24 bits per heavy atom. The monoisotopic (exact) mass is 293 g/mol. The predicted octanol–water partition coefficient (Wildman–Crippen LogP) is 2.31. The molecule has 0 saturated heterocycles. The summed E-state index contributed by atoms with van der Waals surface area (Å²) >= 11 is 0. The van der Waals surface area contributed by atoms with E-state index in [0.29, 0.717) is 19.8 Å². The second-order valence-corrected chi connectivity index (χ2v) is 5.28. The summed E-state index contributed by atoms with van der Waals surface area (Å²) in [4.78, 5) is 11.1. The molecule has 1 aromatic carbocycles. The lowest BCUT2D eigenvalue weighted by atomic mass is 10.2. The smallest absolute Gasteiger partial charge is 0.320 e. The van der Waals surface area contributed by atoms with Gasteiger partial charge in [-0.1, -0.05) is 6.92 Å². The fraction of sp³-hybridized carbons (Fsp3) is 0.562. The molecule has 21 heavy (non-hydrogen) atoms. The Morgan fingerprint density at radius 2 is 1.81 bits per heavy atom. The maximum absolute atomic E-state index is 11.1. The van der Waals surface area contributed by atoms with E-state index in [1.165, 1.54) is 0 Å². The van der Waals surface area contributed by atoms with E-state index in [4.69, 9.17) is 14.6 Å². The highest BCUT2D eigenvalue weighted by Crippen LogP contribution is 2.32. The van der Waals surface area contributed by atoms with Crippen molar-refractivity contribution in [3.05, 3.63) is 24.3 Å². The zero-order chi connectivity index (χ0) is 15.1. The van der Waals surface area contributed by atoms with E-state index >= 15 is 0 Å². The van der Waals surface area contributed by atoms with E-state index in [1.807, 2.05) is 24.3 Å². The first kappa shape index (κ1) is 15.6. The number of ether oxygens (including phenoxy) is 2. The van der Waals surface area contributed by atoms with E-state index in [1.54, 1.807) is 0 Å². The highest BCUT2D eigenvalue weighted by molar-refractivity contribution is 5.74. The summed E-state index contributed by atoms with van der Waals surface area (Å²) < 4.78 is 11.1. The summed E-state index contributed by atoms with van der Waals surface area (Å²) in [6, 6.07) is 7.05. The van der Waals surface area contributed by atoms with Crippen molar-refractivity contribution in [3.8, 4) is 11.5 Å². The van der Waals surface area contributed by atoms with E-state index < -0.39 is 12.0 Å². The third kappa shape index (κ3) is 5.27. The van der Waals surface area contributed by atoms with Gasteiger partial charge in [0.25, 0.3) is 0 Å². The highest BCUT2D eigenvalue weighted by Gasteiger charge is 2.35. The lowest BCUT2D eigenvalue weighted by Crippen LogP contribution is -2.40. The van der Waals surface area contributed by atoms with E-state index in [2.05, 4.69) is 12.2 Å². The van der Waals surface area contributed by atoms with Crippen LogP contribution in [0.4, 0.5) is 0 Å². The van der Waals surface area contributed by atoms with Gasteiger partial charge in [-0.05, 0) is 49.4 Å². The minimum Gasteiger partial charge on any atom is -0.494 e. The Hall–Kier alpha value is -1.75. The van der Waals surface area contributed by atoms with Crippen LogP contribution in [0.3, 0.4) is 0 Å². The van der Waals surface area contributed by atoms with Crippen molar-refractivity contribution in [2.24, 2.45) is 5.92 Å². The number of benzene rings is 1. The molecule has 1 unspecified atom stereocenters. The van der Waals surface area contributed by atoms with Crippen LogP contribution in [0.15, 0.2) is 24.3 Å². The molecule has 0 amide bonds. The average molecular weight is 293 g/mol. The molecule has 5 nitrogen and oxygen atoms in total. The molecular weight excluding hydrogens is 270 g/mol. The first-order valence-corrected chi connectivity index (χ1v) is 7.52. The topological polar surface area (TPSA) is 67.8 Å². The third-order valence-electron chi connectivity index (χ3n) is 3.39. The molecule has 0 heterocycles. The first-order chi connectivity index (χ1) is 10.2. The minimum atomic E-state index is -0.769. The maximum atomic E-state index is 11.1. The van der Waals surface area contributed by atoms with Gasteiger partial charge in [0, 0.05) is 6.54 Å². The van der Waals surface area contributed by atoms with Gasteiger partial charge in [0.05, 0.1) is 6.61 Å². The summed E-state index contributed by atoms with van der Waals surface area (Å²) in [6.07, 6.45) is 2.99. The van der Waals surface area contributed by atoms with Crippen molar-refractivity contribution in [2.75, 3.05) is 19.8 Å². The summed E-state index contributed by atoms with van der Waals surface area (Å²) in [6.45, 7) is 3.76. The molecule has 0 aromatic heterocycles. The highest BCUT2D eigenvalue weighted by atomic mass is 16.5. The van der Waals surface area contributed by atoms with E-state index in [9.17, 15) is 4.79 Å². The molecule has 1 aliphatic rings. The van der Waals surface area contributed by atoms with Crippen LogP contribution in [0, 0.1) is 5.92 Å². The summed E-state index contributed by atoms with van der Waals surface area (Å²) in [5.41, 5.74) is 0.